The number of carbonyl (C=O) groups excluding carboxylic acids is 4. The number of piperazine rings is 1. The van der Waals surface area contributed by atoms with Crippen LogP contribution in [-0.4, -0.2) is 115 Å². The normalized spacial score (nSPS) is 12.9. The lowest BCUT2D eigenvalue weighted by molar-refractivity contribution is -0.133. The number of aryl methyl sites for hydroxylation is 3. The maximum atomic E-state index is 13.1. The number of nitrogens with one attached hydrogen (secondary N) is 3. The number of anilines is 1. The number of hydrogen-bond acceptors (Lipinski definition) is 10. The number of amides is 4. The van der Waals surface area contributed by atoms with Crippen molar-refractivity contribution in [3.05, 3.63) is 107 Å². The van der Waals surface area contributed by atoms with E-state index in [0.717, 1.165) is 33.1 Å². The molecular formula is C46H50ClN7O9. The zero-order valence-electron chi connectivity index (χ0n) is 35.2. The first-order valence-electron chi connectivity index (χ1n) is 20.7. The number of H-pyrrole nitrogens is 1. The second kappa shape index (κ2) is 21.1. The van der Waals surface area contributed by atoms with Gasteiger partial charge in [-0.3, -0.25) is 24.1 Å². The number of carbonyl (C=O) groups is 4. The number of furan rings is 1. The Morgan fingerprint density at radius 3 is 2.44 bits per heavy atom. The minimum Gasteiger partial charge on any atom is -0.445 e. The van der Waals surface area contributed by atoms with Crippen LogP contribution in [0.1, 0.15) is 28.1 Å². The van der Waals surface area contributed by atoms with Gasteiger partial charge in [-0.25, -0.2) is 0 Å². The van der Waals surface area contributed by atoms with Crippen molar-refractivity contribution in [3.63, 3.8) is 0 Å². The van der Waals surface area contributed by atoms with E-state index >= 15 is 0 Å². The van der Waals surface area contributed by atoms with Gasteiger partial charge in [0.15, 0.2) is 0 Å². The standard InChI is InChI=1S/C46H50ClN7O9/c1-4-42(56)53-17-18-54(43(57)29-53)44-12-9-33(62-44)8-11-41(55)48-14-19-59-21-23-61-24-22-60-20-15-49-45(58)35-26-34(7-5-30(35)2)63-46-50-38-27-36(37(47)28-39(38)51-46)31-6-10-40-32(25-31)13-16-52(40)3/h4-7,9-10,12-13,16,25-28H,1,8,11,14-15,17-24,29H2,2-3H3,(H,48,55)(H,49,58)(H,50,51). The lowest BCUT2D eigenvalue weighted by atomic mass is 10.0. The molecule has 330 valence electrons. The number of benzene rings is 3. The number of imidazole rings is 1. The summed E-state index contributed by atoms with van der Waals surface area (Å²) in [5.41, 5.74) is 5.69. The van der Waals surface area contributed by atoms with E-state index in [4.69, 9.17) is 35.0 Å². The van der Waals surface area contributed by atoms with Gasteiger partial charge in [-0.1, -0.05) is 30.3 Å². The highest BCUT2D eigenvalue weighted by atomic mass is 35.5. The lowest BCUT2D eigenvalue weighted by Crippen LogP contribution is -2.52. The third-order valence-corrected chi connectivity index (χ3v) is 10.8. The second-order valence-electron chi connectivity index (χ2n) is 14.9. The van der Waals surface area contributed by atoms with Gasteiger partial charge in [0.2, 0.25) is 23.6 Å². The molecule has 6 aromatic rings. The predicted octanol–water partition coefficient (Wildman–Crippen LogP) is 5.96. The molecule has 4 heterocycles. The Balaban J connectivity index is 0.728. The molecule has 0 radical (unpaired) electrons. The highest BCUT2D eigenvalue weighted by Gasteiger charge is 2.28. The largest absolute Gasteiger partial charge is 0.445 e. The van der Waals surface area contributed by atoms with E-state index in [1.165, 1.54) is 15.9 Å². The number of rotatable bonds is 21. The molecule has 1 aliphatic heterocycles. The third kappa shape index (κ3) is 11.5. The van der Waals surface area contributed by atoms with Gasteiger partial charge < -0.3 is 48.4 Å². The van der Waals surface area contributed by atoms with Crippen LogP contribution in [-0.2, 0) is 42.1 Å². The van der Waals surface area contributed by atoms with Crippen LogP contribution in [0.15, 0.2) is 90.0 Å². The molecule has 1 aliphatic rings. The molecule has 0 atom stereocenters. The first-order valence-corrected chi connectivity index (χ1v) is 21.1. The van der Waals surface area contributed by atoms with Gasteiger partial charge in [0.25, 0.3) is 11.9 Å². The summed E-state index contributed by atoms with van der Waals surface area (Å²) < 4.78 is 30.6. The van der Waals surface area contributed by atoms with Crippen molar-refractivity contribution in [2.45, 2.75) is 19.8 Å². The number of aromatic nitrogens is 3. The van der Waals surface area contributed by atoms with Crippen LogP contribution >= 0.6 is 11.6 Å². The minimum atomic E-state index is -0.282. The van der Waals surface area contributed by atoms with Crippen molar-refractivity contribution in [3.8, 4) is 22.9 Å². The number of aromatic amines is 1. The Hall–Kier alpha value is -6.46. The molecule has 3 aromatic heterocycles. The summed E-state index contributed by atoms with van der Waals surface area (Å²) in [6, 6.07) is 21.1. The van der Waals surface area contributed by atoms with Crippen molar-refractivity contribution in [1.29, 1.82) is 0 Å². The Morgan fingerprint density at radius 2 is 1.68 bits per heavy atom. The number of halogens is 1. The molecule has 0 unspecified atom stereocenters. The van der Waals surface area contributed by atoms with E-state index in [0.29, 0.717) is 106 Å². The highest BCUT2D eigenvalue weighted by Crippen LogP contribution is 2.35. The molecule has 0 spiro atoms. The molecule has 0 saturated carbocycles. The molecule has 63 heavy (non-hydrogen) atoms. The van der Waals surface area contributed by atoms with Crippen LogP contribution in [0.5, 0.6) is 11.8 Å². The number of nitrogens with zero attached hydrogens (tertiary/aromatic N) is 4. The minimum absolute atomic E-state index is 0.0369. The molecule has 1 saturated heterocycles. The molecule has 17 heteroatoms. The molecule has 0 bridgehead atoms. The Labute approximate surface area is 369 Å². The van der Waals surface area contributed by atoms with Gasteiger partial charge in [0, 0.05) is 80.4 Å². The summed E-state index contributed by atoms with van der Waals surface area (Å²) in [5.74, 6) is 0.514. The number of fused-ring (bicyclic) bond motifs is 2. The van der Waals surface area contributed by atoms with Crippen LogP contribution in [0, 0.1) is 6.92 Å². The average Bonchev–Trinajstić information content (AvgIpc) is 4.02. The van der Waals surface area contributed by atoms with Crippen LogP contribution < -0.4 is 20.3 Å². The van der Waals surface area contributed by atoms with Crippen molar-refractivity contribution < 1.29 is 42.5 Å². The SMILES string of the molecule is C=CC(=O)N1CCN(c2ccc(CCC(=O)NCCOCCOCCOCCNC(=O)c3cc(Oc4nc5cc(-c6ccc7c(ccn7C)c6)c(Cl)cc5[nH]4)ccc3C)o2)C(=O)C1. The number of ether oxygens (including phenoxy) is 4. The Kier molecular flexibility index (Phi) is 14.9. The van der Waals surface area contributed by atoms with Crippen molar-refractivity contribution in [1.82, 2.24) is 30.1 Å². The first kappa shape index (κ1) is 44.6. The zero-order valence-corrected chi connectivity index (χ0v) is 36.0. The average molecular weight is 880 g/mol. The molecule has 0 aliphatic carbocycles. The Bertz CT molecular complexity index is 2600. The third-order valence-electron chi connectivity index (χ3n) is 10.5. The van der Waals surface area contributed by atoms with E-state index in [2.05, 4.69) is 49.9 Å². The fourth-order valence-corrected chi connectivity index (χ4v) is 7.35. The molecule has 4 amide bonds. The van der Waals surface area contributed by atoms with E-state index in [9.17, 15) is 19.2 Å². The van der Waals surface area contributed by atoms with Crippen LogP contribution in [0.2, 0.25) is 5.02 Å². The smallest absolute Gasteiger partial charge is 0.300 e. The molecule has 3 aromatic carbocycles. The van der Waals surface area contributed by atoms with Gasteiger partial charge in [-0.2, -0.15) is 4.98 Å². The molecule has 7 rings (SSSR count). The summed E-state index contributed by atoms with van der Waals surface area (Å²) in [6.45, 7) is 8.71. The first-order chi connectivity index (χ1) is 30.6. The van der Waals surface area contributed by atoms with Crippen LogP contribution in [0.3, 0.4) is 0 Å². The Morgan fingerprint density at radius 1 is 0.921 bits per heavy atom. The molecule has 3 N–H and O–H groups in total. The second-order valence-corrected chi connectivity index (χ2v) is 15.3. The van der Waals surface area contributed by atoms with E-state index in [1.54, 1.807) is 24.3 Å². The lowest BCUT2D eigenvalue weighted by Gasteiger charge is -2.32. The van der Waals surface area contributed by atoms with Crippen molar-refractivity contribution in [2.24, 2.45) is 7.05 Å². The quantitative estimate of drug-likeness (QED) is 0.0577. The summed E-state index contributed by atoms with van der Waals surface area (Å²) in [4.78, 5) is 60.4. The monoisotopic (exact) mass is 879 g/mol. The molecular weight excluding hydrogens is 830 g/mol. The van der Waals surface area contributed by atoms with E-state index in [-0.39, 0.29) is 42.6 Å². The maximum Gasteiger partial charge on any atom is 0.300 e. The van der Waals surface area contributed by atoms with Crippen LogP contribution in [0.25, 0.3) is 33.1 Å². The maximum absolute atomic E-state index is 13.1. The van der Waals surface area contributed by atoms with Crippen molar-refractivity contribution >= 4 is 63.1 Å². The van der Waals surface area contributed by atoms with Gasteiger partial charge in [0.1, 0.15) is 18.1 Å². The van der Waals surface area contributed by atoms with Gasteiger partial charge >= 0.3 is 0 Å². The highest BCUT2D eigenvalue weighted by molar-refractivity contribution is 6.34. The van der Waals surface area contributed by atoms with E-state index in [1.807, 2.05) is 44.4 Å². The predicted molar refractivity (Wildman–Crippen MR) is 238 cm³/mol. The van der Waals surface area contributed by atoms with Gasteiger partial charge in [0.05, 0.1) is 55.7 Å². The molecule has 1 fully saturated rings. The van der Waals surface area contributed by atoms with Crippen LogP contribution in [0.4, 0.5) is 5.88 Å². The summed E-state index contributed by atoms with van der Waals surface area (Å²) >= 11 is 6.71. The van der Waals surface area contributed by atoms with Crippen molar-refractivity contribution in [2.75, 3.05) is 77.3 Å². The van der Waals surface area contributed by atoms with Gasteiger partial charge in [-0.05, 0) is 72.7 Å². The topological polar surface area (TPSA) is 182 Å². The summed E-state index contributed by atoms with van der Waals surface area (Å²) in [7, 11) is 2.01. The summed E-state index contributed by atoms with van der Waals surface area (Å²) in [5, 5.41) is 7.41. The van der Waals surface area contributed by atoms with Gasteiger partial charge in [-0.15, -0.1) is 0 Å². The summed E-state index contributed by atoms with van der Waals surface area (Å²) in [6.07, 6.45) is 3.81. The molecule has 16 nitrogen and oxygen atoms in total. The zero-order chi connectivity index (χ0) is 44.3. The fraction of sp³-hybridized carbons (Fsp3) is 0.326. The van der Waals surface area contributed by atoms with E-state index < -0.39 is 0 Å². The fourth-order valence-electron chi connectivity index (χ4n) is 7.08. The number of hydrogen-bond donors (Lipinski definition) is 3.